The number of carbonyl (C=O) groups excluding carboxylic acids is 1. The Morgan fingerprint density at radius 2 is 1.92 bits per heavy atom. The number of hydrogen-bond acceptors (Lipinski definition) is 10. The van der Waals surface area contributed by atoms with Crippen molar-refractivity contribution in [2.75, 3.05) is 68.1 Å². The molecule has 192 valence electrons. The number of rotatable bonds is 10. The van der Waals surface area contributed by atoms with Gasteiger partial charge in [0.15, 0.2) is 0 Å². The first-order chi connectivity index (χ1) is 17.6. The highest BCUT2D eigenvalue weighted by atomic mass is 16.5. The van der Waals surface area contributed by atoms with E-state index in [0.29, 0.717) is 49.6 Å². The van der Waals surface area contributed by atoms with Gasteiger partial charge in [-0.1, -0.05) is 31.2 Å². The van der Waals surface area contributed by atoms with Crippen LogP contribution >= 0.6 is 0 Å². The van der Waals surface area contributed by atoms with Gasteiger partial charge in [0, 0.05) is 57.5 Å². The van der Waals surface area contributed by atoms with Crippen LogP contribution < -0.4 is 15.5 Å². The molecule has 4 rings (SSSR count). The molecular formula is C25H34N8O3. The fourth-order valence-corrected chi connectivity index (χ4v) is 4.01. The first-order valence-electron chi connectivity index (χ1n) is 12.4. The molecule has 1 fully saturated rings. The molecule has 2 aliphatic heterocycles. The second-order valence-electron chi connectivity index (χ2n) is 8.60. The van der Waals surface area contributed by atoms with E-state index in [1.54, 1.807) is 12.3 Å². The zero-order valence-corrected chi connectivity index (χ0v) is 20.6. The van der Waals surface area contributed by atoms with Gasteiger partial charge >= 0.3 is 0 Å². The second-order valence-corrected chi connectivity index (χ2v) is 8.60. The first kappa shape index (κ1) is 25.7. The maximum Gasteiger partial charge on any atom is 0.233 e. The van der Waals surface area contributed by atoms with Gasteiger partial charge in [-0.25, -0.2) is 4.99 Å². The summed E-state index contributed by atoms with van der Waals surface area (Å²) in [6.07, 6.45) is 4.55. The van der Waals surface area contributed by atoms with Gasteiger partial charge in [0.2, 0.25) is 17.8 Å². The number of aliphatic hydroxyl groups is 1. The SMILES string of the molecule is CCc1nc(NC2=NC=CC(C(=O)Nc3ccccc3)C2)nc(N2CCN(CCOCCO)CC2)n1. The zero-order valence-electron chi connectivity index (χ0n) is 20.6. The molecule has 0 aliphatic carbocycles. The van der Waals surface area contributed by atoms with Crippen molar-refractivity contribution in [3.05, 3.63) is 48.4 Å². The van der Waals surface area contributed by atoms with Gasteiger partial charge in [-0.15, -0.1) is 0 Å². The molecule has 1 aromatic carbocycles. The number of aliphatic hydroxyl groups excluding tert-OH is 1. The third-order valence-electron chi connectivity index (χ3n) is 6.02. The summed E-state index contributed by atoms with van der Waals surface area (Å²) in [5.41, 5.74) is 0.764. The number of anilines is 3. The fourth-order valence-electron chi connectivity index (χ4n) is 4.01. The van der Waals surface area contributed by atoms with Gasteiger partial charge in [-0.2, -0.15) is 15.0 Å². The average Bonchev–Trinajstić information content (AvgIpc) is 2.92. The van der Waals surface area contributed by atoms with Crippen LogP contribution in [0.25, 0.3) is 0 Å². The maximum atomic E-state index is 12.7. The molecule has 1 atom stereocenters. The van der Waals surface area contributed by atoms with Crippen molar-refractivity contribution in [3.63, 3.8) is 0 Å². The lowest BCUT2D eigenvalue weighted by Gasteiger charge is -2.34. The van der Waals surface area contributed by atoms with Gasteiger partial charge in [-0.3, -0.25) is 9.69 Å². The summed E-state index contributed by atoms with van der Waals surface area (Å²) >= 11 is 0. The predicted molar refractivity (Wildman–Crippen MR) is 139 cm³/mol. The third kappa shape index (κ3) is 7.30. The van der Waals surface area contributed by atoms with E-state index in [4.69, 9.17) is 9.84 Å². The number of piperazine rings is 1. The Kier molecular flexibility index (Phi) is 9.31. The monoisotopic (exact) mass is 494 g/mol. The summed E-state index contributed by atoms with van der Waals surface area (Å²) in [6.45, 7) is 7.26. The van der Waals surface area contributed by atoms with Crippen LogP contribution in [-0.4, -0.2) is 89.2 Å². The standard InChI is InChI=1S/C25H34N8O3/c1-2-21-28-24(31-25(30-21)33-12-10-32(11-13-33)14-16-36-17-15-34)29-22-18-19(8-9-26-22)23(35)27-20-6-4-3-5-7-20/h3-9,19,34H,2,10-18H2,1H3,(H,27,35)(H,26,28,29,30,31). The van der Waals surface area contributed by atoms with Crippen molar-refractivity contribution in [3.8, 4) is 0 Å². The van der Waals surface area contributed by atoms with E-state index in [1.807, 2.05) is 37.3 Å². The predicted octanol–water partition coefficient (Wildman–Crippen LogP) is 1.55. The highest BCUT2D eigenvalue weighted by molar-refractivity contribution is 6.01. The maximum absolute atomic E-state index is 12.7. The van der Waals surface area contributed by atoms with E-state index >= 15 is 0 Å². The van der Waals surface area contributed by atoms with Crippen molar-refractivity contribution < 1.29 is 14.6 Å². The molecule has 0 bridgehead atoms. The molecule has 3 N–H and O–H groups in total. The topological polar surface area (TPSA) is 128 Å². The Bertz CT molecular complexity index is 1050. The summed E-state index contributed by atoms with van der Waals surface area (Å²) in [5, 5.41) is 15.0. The summed E-state index contributed by atoms with van der Waals surface area (Å²) in [4.78, 5) is 35.5. The molecule has 1 unspecified atom stereocenters. The molecule has 3 heterocycles. The number of para-hydroxylation sites is 1. The Labute approximate surface area is 211 Å². The first-order valence-corrected chi connectivity index (χ1v) is 12.4. The summed E-state index contributed by atoms with van der Waals surface area (Å²) in [6, 6.07) is 9.41. The molecule has 1 saturated heterocycles. The lowest BCUT2D eigenvalue weighted by Crippen LogP contribution is -2.48. The number of amidine groups is 1. The molecule has 11 nitrogen and oxygen atoms in total. The molecule has 2 aromatic rings. The number of nitrogens with one attached hydrogen (secondary N) is 2. The number of nitrogens with zero attached hydrogens (tertiary/aromatic N) is 6. The van der Waals surface area contributed by atoms with Crippen LogP contribution in [0.2, 0.25) is 0 Å². The summed E-state index contributed by atoms with van der Waals surface area (Å²) in [5.74, 6) is 1.99. The van der Waals surface area contributed by atoms with E-state index in [1.165, 1.54) is 0 Å². The minimum atomic E-state index is -0.341. The van der Waals surface area contributed by atoms with Crippen LogP contribution in [-0.2, 0) is 16.0 Å². The molecule has 0 radical (unpaired) electrons. The molecule has 2 aliphatic rings. The number of ether oxygens (including phenoxy) is 1. The summed E-state index contributed by atoms with van der Waals surface area (Å²) in [7, 11) is 0. The number of hydrogen-bond donors (Lipinski definition) is 3. The zero-order chi connectivity index (χ0) is 25.2. The molecule has 1 aromatic heterocycles. The van der Waals surface area contributed by atoms with Gasteiger partial charge in [0.1, 0.15) is 11.7 Å². The van der Waals surface area contributed by atoms with Crippen LogP contribution in [0, 0.1) is 5.92 Å². The van der Waals surface area contributed by atoms with Gasteiger partial charge in [-0.05, 0) is 12.1 Å². The fraction of sp³-hybridized carbons (Fsp3) is 0.480. The van der Waals surface area contributed by atoms with Crippen molar-refractivity contribution >= 4 is 29.3 Å². The highest BCUT2D eigenvalue weighted by Crippen LogP contribution is 2.19. The third-order valence-corrected chi connectivity index (χ3v) is 6.02. The number of carbonyl (C=O) groups is 1. The molecule has 11 heteroatoms. The van der Waals surface area contributed by atoms with E-state index in [2.05, 4.69) is 40.4 Å². The van der Waals surface area contributed by atoms with Crippen molar-refractivity contribution in [2.45, 2.75) is 19.8 Å². The van der Waals surface area contributed by atoms with Crippen molar-refractivity contribution in [2.24, 2.45) is 10.9 Å². The van der Waals surface area contributed by atoms with E-state index in [-0.39, 0.29) is 18.4 Å². The number of aryl methyl sites for hydroxylation is 1. The van der Waals surface area contributed by atoms with Gasteiger partial charge in [0.25, 0.3) is 0 Å². The number of aliphatic imine (C=N–C) groups is 1. The highest BCUT2D eigenvalue weighted by Gasteiger charge is 2.23. The Morgan fingerprint density at radius 1 is 1.11 bits per heavy atom. The molecule has 36 heavy (non-hydrogen) atoms. The van der Waals surface area contributed by atoms with Gasteiger partial charge in [0.05, 0.1) is 25.7 Å². The number of amides is 1. The number of aromatic nitrogens is 3. The molecule has 1 amide bonds. The Balaban J connectivity index is 1.34. The lowest BCUT2D eigenvalue weighted by atomic mass is 10.0. The van der Waals surface area contributed by atoms with E-state index < -0.39 is 0 Å². The minimum absolute atomic E-state index is 0.0491. The molecular weight excluding hydrogens is 460 g/mol. The van der Waals surface area contributed by atoms with Crippen molar-refractivity contribution in [1.29, 1.82) is 0 Å². The normalized spacial score (nSPS) is 18.1. The number of benzene rings is 1. The smallest absolute Gasteiger partial charge is 0.233 e. The quantitative estimate of drug-likeness (QED) is 0.421. The van der Waals surface area contributed by atoms with Crippen molar-refractivity contribution in [1.82, 2.24) is 19.9 Å². The molecule has 0 spiro atoms. The molecule has 0 saturated carbocycles. The minimum Gasteiger partial charge on any atom is -0.394 e. The summed E-state index contributed by atoms with van der Waals surface area (Å²) < 4.78 is 5.38. The second kappa shape index (κ2) is 13.1. The van der Waals surface area contributed by atoms with Crippen LogP contribution in [0.5, 0.6) is 0 Å². The van der Waals surface area contributed by atoms with E-state index in [9.17, 15) is 4.79 Å². The van der Waals surface area contributed by atoms with Crippen LogP contribution in [0.4, 0.5) is 17.6 Å². The van der Waals surface area contributed by atoms with Crippen LogP contribution in [0.15, 0.2) is 47.6 Å². The van der Waals surface area contributed by atoms with Gasteiger partial charge < -0.3 is 25.4 Å². The van der Waals surface area contributed by atoms with Crippen LogP contribution in [0.3, 0.4) is 0 Å². The lowest BCUT2D eigenvalue weighted by molar-refractivity contribution is -0.118. The van der Waals surface area contributed by atoms with E-state index in [0.717, 1.165) is 38.4 Å². The largest absolute Gasteiger partial charge is 0.394 e. The Morgan fingerprint density at radius 3 is 2.67 bits per heavy atom. The van der Waals surface area contributed by atoms with Crippen LogP contribution in [0.1, 0.15) is 19.2 Å². The Hall–Kier alpha value is -3.41. The average molecular weight is 495 g/mol.